The van der Waals surface area contributed by atoms with Gasteiger partial charge in [0.25, 0.3) is 0 Å². The molecule has 18 rings (SSSR count). The number of fused-ring (bicyclic) bond motifs is 3. The second kappa shape index (κ2) is 20.8. The van der Waals surface area contributed by atoms with Crippen LogP contribution in [-0.2, 0) is 10.8 Å². The second-order valence-electron chi connectivity index (χ2n) is 28.6. The van der Waals surface area contributed by atoms with Crippen molar-refractivity contribution in [3.63, 3.8) is 0 Å². The molecule has 89 heavy (non-hydrogen) atoms. The van der Waals surface area contributed by atoms with E-state index in [2.05, 4.69) is 141 Å². The molecule has 1 aliphatic heterocycles. The summed E-state index contributed by atoms with van der Waals surface area (Å²) in [5.74, 6) is 2.56. The molecule has 13 aromatic rings. The zero-order chi connectivity index (χ0) is 59.8. The Morgan fingerprint density at radius 3 is 1.20 bits per heavy atom. The van der Waals surface area contributed by atoms with Crippen LogP contribution in [0.1, 0.15) is 161 Å². The van der Waals surface area contributed by atoms with Gasteiger partial charge in [0.15, 0.2) is 11.5 Å². The molecule has 4 aliphatic carbocycles. The van der Waals surface area contributed by atoms with Gasteiger partial charge in [0.1, 0.15) is 0 Å². The van der Waals surface area contributed by atoms with Crippen LogP contribution in [0.15, 0.2) is 72.8 Å². The normalized spacial score (nSPS) is 19.6. The van der Waals surface area contributed by atoms with Gasteiger partial charge in [0.2, 0.25) is 5.75 Å². The van der Waals surface area contributed by atoms with Gasteiger partial charge in [0.05, 0.1) is 36.7 Å². The van der Waals surface area contributed by atoms with Crippen LogP contribution in [0.3, 0.4) is 0 Å². The third-order valence-electron chi connectivity index (χ3n) is 23.9. The highest BCUT2D eigenvalue weighted by atomic mass is 16.5. The molecule has 0 N–H and O–H groups in total. The molecule has 3 atom stereocenters. The van der Waals surface area contributed by atoms with Crippen molar-refractivity contribution in [2.75, 3.05) is 92.3 Å². The molecule has 456 valence electrons. The smallest absolute Gasteiger partial charge is 0.203 e. The molecule has 13 aromatic carbocycles. The number of likely N-dealkylation sites (tertiary alicyclic amines) is 1. The van der Waals surface area contributed by atoms with Crippen LogP contribution in [0.25, 0.3) is 130 Å². The summed E-state index contributed by atoms with van der Waals surface area (Å²) in [5, 5.41) is 36.0. The molecule has 1 saturated heterocycles. The van der Waals surface area contributed by atoms with E-state index in [1.54, 1.807) is 38.1 Å². The summed E-state index contributed by atoms with van der Waals surface area (Å²) in [6.45, 7) is 26.7. The van der Waals surface area contributed by atoms with E-state index in [1.165, 1.54) is 196 Å². The summed E-state index contributed by atoms with van der Waals surface area (Å²) in [5.41, 5.74) is 6.63. The summed E-state index contributed by atoms with van der Waals surface area (Å²) < 4.78 is 22.5. The molecular weight excluding hydrogens is 1090 g/mol. The van der Waals surface area contributed by atoms with Crippen molar-refractivity contribution in [3.05, 3.63) is 99.9 Å². The minimum absolute atomic E-state index is 0.0902. The van der Waals surface area contributed by atoms with Crippen molar-refractivity contribution in [1.82, 2.24) is 19.6 Å². The molecule has 7 heteroatoms. The first-order valence-corrected chi connectivity index (χ1v) is 35.7. The van der Waals surface area contributed by atoms with Gasteiger partial charge in [-0.15, -0.1) is 0 Å². The monoisotopic (exact) mass is 1180 g/mol. The first kappa shape index (κ1) is 55.4. The van der Waals surface area contributed by atoms with Gasteiger partial charge in [-0.3, -0.25) is 4.90 Å². The highest BCUT2D eigenvalue weighted by Crippen LogP contribution is 2.79. The molecule has 7 nitrogen and oxygen atoms in total. The Bertz CT molecular complexity index is 4960. The second-order valence-corrected chi connectivity index (χ2v) is 28.6. The van der Waals surface area contributed by atoms with Crippen LogP contribution in [0, 0.1) is 0 Å². The van der Waals surface area contributed by atoms with E-state index in [-0.39, 0.29) is 11.5 Å². The fourth-order valence-corrected chi connectivity index (χ4v) is 20.5. The van der Waals surface area contributed by atoms with Crippen LogP contribution in [0.4, 0.5) is 0 Å². The van der Waals surface area contributed by atoms with Crippen molar-refractivity contribution in [1.29, 1.82) is 0 Å². The predicted octanol–water partition coefficient (Wildman–Crippen LogP) is 18.0. The van der Waals surface area contributed by atoms with Gasteiger partial charge in [-0.1, -0.05) is 141 Å². The third kappa shape index (κ3) is 6.94. The highest BCUT2D eigenvalue weighted by molar-refractivity contribution is 6.64. The van der Waals surface area contributed by atoms with E-state index in [0.29, 0.717) is 19.8 Å². The fraction of sp³-hybridized carbons (Fsp3) is 0.463. The molecule has 1 heterocycles. The third-order valence-corrected chi connectivity index (χ3v) is 23.9. The molecule has 3 unspecified atom stereocenters. The van der Waals surface area contributed by atoms with Crippen molar-refractivity contribution in [3.8, 4) is 17.2 Å². The van der Waals surface area contributed by atoms with Crippen molar-refractivity contribution in [2.45, 2.75) is 155 Å². The molecule has 2 spiro atoms. The maximum Gasteiger partial charge on any atom is 0.203 e. The molecule has 0 bridgehead atoms. The van der Waals surface area contributed by atoms with Crippen LogP contribution in [-0.4, -0.2) is 112 Å². The van der Waals surface area contributed by atoms with E-state index in [1.807, 2.05) is 0 Å². The fourth-order valence-electron chi connectivity index (χ4n) is 20.5. The van der Waals surface area contributed by atoms with E-state index in [4.69, 9.17) is 14.2 Å². The molecule has 0 radical (unpaired) electrons. The average Bonchev–Trinajstić information content (AvgIpc) is 1.42. The molecule has 0 amide bonds. The number of benzene rings is 9. The van der Waals surface area contributed by atoms with Gasteiger partial charge < -0.3 is 28.9 Å². The van der Waals surface area contributed by atoms with Gasteiger partial charge >= 0.3 is 0 Å². The number of unbranched alkanes of at least 4 members (excludes halogenated alkanes) is 6. The zero-order valence-corrected chi connectivity index (χ0v) is 54.3. The quantitative estimate of drug-likeness (QED) is 0.0294. The van der Waals surface area contributed by atoms with E-state index in [0.717, 1.165) is 102 Å². The van der Waals surface area contributed by atoms with Crippen molar-refractivity contribution < 1.29 is 14.2 Å². The van der Waals surface area contributed by atoms with E-state index < -0.39 is 5.41 Å². The highest BCUT2D eigenvalue weighted by Gasteiger charge is 2.74. The van der Waals surface area contributed by atoms with Gasteiger partial charge in [0, 0.05) is 31.7 Å². The summed E-state index contributed by atoms with van der Waals surface area (Å²) >= 11 is 0. The molecule has 0 aromatic heterocycles. The van der Waals surface area contributed by atoms with Crippen LogP contribution < -0.4 is 24.6 Å². The topological polar surface area (TPSA) is 40.6 Å². The predicted molar refractivity (Wildman–Crippen MR) is 378 cm³/mol. The number of ether oxygens (including phenoxy) is 3. The first-order chi connectivity index (χ1) is 43.9. The summed E-state index contributed by atoms with van der Waals surface area (Å²) in [4.78, 5) is 10.9. The summed E-state index contributed by atoms with van der Waals surface area (Å²) in [6, 6.07) is 25.0. The SMILES string of the molecule is CCCCN(CCCC)CCCOc1ccc(C2N(C)CC34C5=c6ccc7c8ccc9c%10ccc%11c%12ccc%13c%14c(c%15c%16c3c6c7c3c8c9c6c%10c%11c(c%14%12)c%15c6c%163)C24C=%13C=C5)c(OCCCN(CCCC)CCCC)c1OCCCN(CCCC)CCCC. The molecule has 1 fully saturated rings. The number of hydrogen-bond donors (Lipinski definition) is 0. The van der Waals surface area contributed by atoms with Crippen LogP contribution in [0.2, 0.25) is 0 Å². The van der Waals surface area contributed by atoms with Crippen molar-refractivity contribution in [2.24, 2.45) is 0 Å². The standard InChI is InChI=1S/C82H90N4O3/c1-8-14-35-84(36-15-9-2)41-20-44-87-59-34-31-56(78(88-45-21-42-85(37-16-10-3)38-17-11-4)79(59)89-46-22-43-86(39-18-12-5)40-19-13-6)80-82-58-33-32-57-54-29-27-52-50-25-23-48-49-24-26-51-53-28-30-55(58)67-65(53)70-63(51)61(49)68-60(48)62(50)69-64(52)66(54)76(81(57,82)47-83(80)7)74-72(69)71(68)73(70)75(74)77(67)82/h23-34,80H,8-22,35-47H2,1-7H3. The minimum Gasteiger partial charge on any atom is -0.489 e. The maximum absolute atomic E-state index is 7.78. The number of allylic oxidation sites excluding steroid dienone is 2. The lowest BCUT2D eigenvalue weighted by molar-refractivity contribution is 0.194. The lowest BCUT2D eigenvalue weighted by Crippen LogP contribution is -2.52. The minimum atomic E-state index is -0.485. The van der Waals surface area contributed by atoms with Gasteiger partial charge in [-0.25, -0.2) is 0 Å². The number of nitrogens with zero attached hydrogens (tertiary/aromatic N) is 4. The number of rotatable bonds is 34. The number of hydrogen-bond acceptors (Lipinski definition) is 7. The molecule has 5 aliphatic rings. The van der Waals surface area contributed by atoms with Crippen molar-refractivity contribution >= 4 is 130 Å². The lowest BCUT2D eigenvalue weighted by atomic mass is 9.47. The Morgan fingerprint density at radius 2 is 0.730 bits per heavy atom. The molecular formula is C82H90N4O3. The first-order valence-electron chi connectivity index (χ1n) is 35.7. The zero-order valence-electron chi connectivity index (χ0n) is 54.3. The Morgan fingerprint density at radius 1 is 0.371 bits per heavy atom. The molecule has 0 saturated carbocycles. The summed E-state index contributed by atoms with van der Waals surface area (Å²) in [6.07, 6.45) is 22.8. The maximum atomic E-state index is 7.78. The van der Waals surface area contributed by atoms with Crippen LogP contribution >= 0.6 is 0 Å². The van der Waals surface area contributed by atoms with E-state index >= 15 is 0 Å². The Kier molecular flexibility index (Phi) is 12.9. The van der Waals surface area contributed by atoms with Gasteiger partial charge in [-0.2, -0.15) is 0 Å². The summed E-state index contributed by atoms with van der Waals surface area (Å²) in [7, 11) is 2.49. The average molecular weight is 1180 g/mol. The van der Waals surface area contributed by atoms with E-state index in [9.17, 15) is 0 Å². The lowest BCUT2D eigenvalue weighted by Gasteiger charge is -2.52. The number of likely N-dealkylation sites (N-methyl/N-ethyl adjacent to an activating group) is 1. The van der Waals surface area contributed by atoms with Gasteiger partial charge in [-0.05, 0) is 267 Å². The Hall–Kier alpha value is -6.48. The Balaban J connectivity index is 0.864. The largest absolute Gasteiger partial charge is 0.489 e. The Labute approximate surface area is 524 Å². The van der Waals surface area contributed by atoms with Crippen LogP contribution in [0.5, 0.6) is 17.2 Å².